The molecule has 2 N–H and O–H groups in total. The van der Waals surface area contributed by atoms with Crippen LogP contribution in [0.15, 0.2) is 65.6 Å². The third kappa shape index (κ3) is 6.32. The second kappa shape index (κ2) is 10.4. The van der Waals surface area contributed by atoms with Crippen LogP contribution in [-0.4, -0.2) is 29.5 Å². The Kier molecular flexibility index (Phi) is 7.29. The molecule has 0 aliphatic rings. The molecule has 35 heavy (non-hydrogen) atoms. The zero-order chi connectivity index (χ0) is 25.0. The SMILES string of the molecule is Cc1ccc(OCc2nc(C)c(C(=O)Nc3ccc(S(=O)(=O)Nc4ccc(Cl)nn4)cc3)s2)cc1. The molecule has 2 heterocycles. The van der Waals surface area contributed by atoms with Crippen molar-refractivity contribution in [2.24, 2.45) is 0 Å². The topological polar surface area (TPSA) is 123 Å². The average Bonchev–Trinajstić information content (AvgIpc) is 3.21. The van der Waals surface area contributed by atoms with Crippen molar-refractivity contribution in [1.82, 2.24) is 15.2 Å². The van der Waals surface area contributed by atoms with E-state index in [1.807, 2.05) is 31.2 Å². The van der Waals surface area contributed by atoms with Crippen LogP contribution < -0.4 is 14.8 Å². The summed E-state index contributed by atoms with van der Waals surface area (Å²) in [6.07, 6.45) is 0. The Bertz CT molecular complexity index is 1440. The monoisotopic (exact) mass is 529 g/mol. The van der Waals surface area contributed by atoms with Gasteiger partial charge in [0.15, 0.2) is 11.0 Å². The zero-order valence-electron chi connectivity index (χ0n) is 18.6. The number of carbonyl (C=O) groups is 1. The minimum absolute atomic E-state index is 0.00300. The van der Waals surface area contributed by atoms with Crippen LogP contribution in [0.1, 0.15) is 25.9 Å². The fraction of sp³-hybridized carbons (Fsp3) is 0.130. The van der Waals surface area contributed by atoms with Gasteiger partial charge in [0.05, 0.1) is 10.6 Å². The van der Waals surface area contributed by atoms with Crippen LogP contribution >= 0.6 is 22.9 Å². The summed E-state index contributed by atoms with van der Waals surface area (Å²) in [4.78, 5) is 17.6. The van der Waals surface area contributed by atoms with Crippen molar-refractivity contribution in [2.75, 3.05) is 10.0 Å². The number of sulfonamides is 1. The Balaban J connectivity index is 1.39. The largest absolute Gasteiger partial charge is 0.486 e. The van der Waals surface area contributed by atoms with Crippen LogP contribution in [-0.2, 0) is 16.6 Å². The lowest BCUT2D eigenvalue weighted by atomic mass is 10.2. The third-order valence-corrected chi connectivity index (χ3v) is 7.43. The molecule has 0 spiro atoms. The molecule has 4 rings (SSSR count). The lowest BCUT2D eigenvalue weighted by Gasteiger charge is -2.08. The summed E-state index contributed by atoms with van der Waals surface area (Å²) in [7, 11) is -3.89. The van der Waals surface area contributed by atoms with Gasteiger partial charge in [-0.05, 0) is 62.4 Å². The number of anilines is 2. The summed E-state index contributed by atoms with van der Waals surface area (Å²) in [5.74, 6) is 0.420. The Morgan fingerprint density at radius 3 is 2.37 bits per heavy atom. The first-order chi connectivity index (χ1) is 16.7. The molecule has 0 aliphatic heterocycles. The predicted octanol–water partition coefficient (Wildman–Crippen LogP) is 4.84. The van der Waals surface area contributed by atoms with Crippen LogP contribution in [0, 0.1) is 13.8 Å². The number of hydrogen-bond donors (Lipinski definition) is 2. The number of nitrogens with zero attached hydrogens (tertiary/aromatic N) is 3. The maximum Gasteiger partial charge on any atom is 0.267 e. The number of ether oxygens (including phenoxy) is 1. The van der Waals surface area contributed by atoms with E-state index >= 15 is 0 Å². The molecule has 0 saturated heterocycles. The molecular weight excluding hydrogens is 510 g/mol. The molecule has 0 atom stereocenters. The molecular formula is C23H20ClN5O4S2. The van der Waals surface area contributed by atoms with Crippen molar-refractivity contribution in [3.63, 3.8) is 0 Å². The molecule has 0 bridgehead atoms. The lowest BCUT2D eigenvalue weighted by Crippen LogP contribution is -2.15. The molecule has 0 radical (unpaired) electrons. The standard InChI is InChI=1S/C23H20ClN5O4S2/c1-14-3-7-17(8-4-14)33-13-21-25-15(2)22(34-21)23(30)26-16-5-9-18(10-6-16)35(31,32)29-20-12-11-19(24)27-28-20/h3-12H,13H2,1-2H3,(H,26,30)(H,28,29). The summed E-state index contributed by atoms with van der Waals surface area (Å²) in [5.41, 5.74) is 2.16. The molecule has 4 aromatic rings. The average molecular weight is 530 g/mol. The molecule has 9 nitrogen and oxygen atoms in total. The van der Waals surface area contributed by atoms with Gasteiger partial charge in [0.2, 0.25) is 0 Å². The second-order valence-corrected chi connectivity index (χ2v) is 10.6. The quantitative estimate of drug-likeness (QED) is 0.335. The van der Waals surface area contributed by atoms with Crippen LogP contribution in [0.5, 0.6) is 5.75 Å². The molecule has 2 aromatic heterocycles. The number of thiazole rings is 1. The number of amides is 1. The first-order valence-electron chi connectivity index (χ1n) is 10.3. The Morgan fingerprint density at radius 2 is 1.71 bits per heavy atom. The number of aryl methyl sites for hydroxylation is 2. The lowest BCUT2D eigenvalue weighted by molar-refractivity contribution is 0.103. The minimum atomic E-state index is -3.89. The summed E-state index contributed by atoms with van der Waals surface area (Å²) < 4.78 is 33.2. The number of rotatable bonds is 8. The van der Waals surface area contributed by atoms with E-state index in [1.54, 1.807) is 6.92 Å². The van der Waals surface area contributed by atoms with Gasteiger partial charge in [-0.3, -0.25) is 9.52 Å². The van der Waals surface area contributed by atoms with E-state index in [0.717, 1.165) is 11.3 Å². The van der Waals surface area contributed by atoms with Crippen molar-refractivity contribution in [3.8, 4) is 5.75 Å². The highest BCUT2D eigenvalue weighted by Crippen LogP contribution is 2.23. The van der Waals surface area contributed by atoms with Gasteiger partial charge in [0.25, 0.3) is 15.9 Å². The number of nitrogens with one attached hydrogen (secondary N) is 2. The first kappa shape index (κ1) is 24.6. The number of aromatic nitrogens is 3. The van der Waals surface area contributed by atoms with Gasteiger partial charge in [0, 0.05) is 5.69 Å². The van der Waals surface area contributed by atoms with Crippen molar-refractivity contribution in [2.45, 2.75) is 25.3 Å². The molecule has 1 amide bonds. The highest BCUT2D eigenvalue weighted by atomic mass is 35.5. The molecule has 0 saturated carbocycles. The van der Waals surface area contributed by atoms with Crippen LogP contribution in [0.25, 0.3) is 0 Å². The highest BCUT2D eigenvalue weighted by Gasteiger charge is 2.18. The van der Waals surface area contributed by atoms with Crippen LogP contribution in [0.4, 0.5) is 11.5 Å². The summed E-state index contributed by atoms with van der Waals surface area (Å²) >= 11 is 6.91. The number of hydrogen-bond acceptors (Lipinski definition) is 8. The molecule has 0 unspecified atom stereocenters. The summed E-state index contributed by atoms with van der Waals surface area (Å²) in [5, 5.41) is 10.9. The van der Waals surface area contributed by atoms with Crippen molar-refractivity contribution < 1.29 is 17.9 Å². The van der Waals surface area contributed by atoms with E-state index in [4.69, 9.17) is 16.3 Å². The van der Waals surface area contributed by atoms with E-state index in [-0.39, 0.29) is 28.4 Å². The van der Waals surface area contributed by atoms with Crippen molar-refractivity contribution >= 4 is 50.4 Å². The minimum Gasteiger partial charge on any atom is -0.486 e. The normalized spacial score (nSPS) is 11.2. The maximum atomic E-state index is 12.8. The second-order valence-electron chi connectivity index (χ2n) is 7.45. The third-order valence-electron chi connectivity index (χ3n) is 4.72. The van der Waals surface area contributed by atoms with Crippen LogP contribution in [0.2, 0.25) is 5.15 Å². The van der Waals surface area contributed by atoms with E-state index in [9.17, 15) is 13.2 Å². The van der Waals surface area contributed by atoms with Gasteiger partial charge in [0.1, 0.15) is 22.2 Å². The van der Waals surface area contributed by atoms with E-state index < -0.39 is 10.0 Å². The summed E-state index contributed by atoms with van der Waals surface area (Å²) in [6, 6.07) is 16.3. The molecule has 0 fully saturated rings. The number of halogens is 1. The van der Waals surface area contributed by atoms with Gasteiger partial charge >= 0.3 is 0 Å². The van der Waals surface area contributed by atoms with E-state index in [0.29, 0.717) is 21.3 Å². The Labute approximate surface area is 211 Å². The Morgan fingerprint density at radius 1 is 1.00 bits per heavy atom. The van der Waals surface area contributed by atoms with Crippen molar-refractivity contribution in [3.05, 3.63) is 87.0 Å². The molecule has 12 heteroatoms. The number of carbonyl (C=O) groups excluding carboxylic acids is 1. The Hall–Kier alpha value is -3.54. The molecule has 180 valence electrons. The fourth-order valence-electron chi connectivity index (χ4n) is 2.98. The van der Waals surface area contributed by atoms with Crippen LogP contribution in [0.3, 0.4) is 0 Å². The summed E-state index contributed by atoms with van der Waals surface area (Å²) in [6.45, 7) is 4.00. The molecule has 0 aliphatic carbocycles. The van der Waals surface area contributed by atoms with E-state index in [2.05, 4.69) is 25.2 Å². The zero-order valence-corrected chi connectivity index (χ0v) is 21.0. The number of benzene rings is 2. The molecule has 2 aromatic carbocycles. The van der Waals surface area contributed by atoms with Gasteiger partial charge in [-0.2, -0.15) is 0 Å². The maximum absolute atomic E-state index is 12.8. The first-order valence-corrected chi connectivity index (χ1v) is 13.0. The highest BCUT2D eigenvalue weighted by molar-refractivity contribution is 7.92. The van der Waals surface area contributed by atoms with E-state index in [1.165, 1.54) is 47.7 Å². The van der Waals surface area contributed by atoms with Gasteiger partial charge in [-0.15, -0.1) is 21.5 Å². The predicted molar refractivity (Wildman–Crippen MR) is 135 cm³/mol. The van der Waals surface area contributed by atoms with Gasteiger partial charge < -0.3 is 10.1 Å². The fourth-order valence-corrected chi connectivity index (χ4v) is 4.95. The van der Waals surface area contributed by atoms with Gasteiger partial charge in [-0.25, -0.2) is 13.4 Å². The van der Waals surface area contributed by atoms with Gasteiger partial charge in [-0.1, -0.05) is 29.3 Å². The van der Waals surface area contributed by atoms with Crippen molar-refractivity contribution in [1.29, 1.82) is 0 Å². The smallest absolute Gasteiger partial charge is 0.267 e.